The van der Waals surface area contributed by atoms with Crippen LogP contribution in [0, 0.1) is 0 Å². The molecule has 5 heteroatoms. The minimum absolute atomic E-state index is 0.134. The predicted octanol–water partition coefficient (Wildman–Crippen LogP) is 0.560. The molecule has 0 amide bonds. The molecule has 13 heavy (non-hydrogen) atoms. The number of nitrogens with two attached hydrogens (primary N) is 1. The summed E-state index contributed by atoms with van der Waals surface area (Å²) < 4.78 is 0. The third-order valence-electron chi connectivity index (χ3n) is 2.01. The third kappa shape index (κ3) is 2.06. The minimum Gasteiger partial charge on any atom is -0.477 e. The maximum absolute atomic E-state index is 10.7. The molecule has 1 unspecified atom stereocenters. The molecule has 0 saturated heterocycles. The van der Waals surface area contributed by atoms with Crippen LogP contribution in [0.5, 0.6) is 0 Å². The first kappa shape index (κ1) is 9.73. The van der Waals surface area contributed by atoms with Crippen molar-refractivity contribution in [2.24, 2.45) is 5.73 Å². The molecule has 0 bridgehead atoms. The molecule has 0 aromatic carbocycles. The van der Waals surface area contributed by atoms with Gasteiger partial charge in [-0.3, -0.25) is 5.10 Å². The lowest BCUT2D eigenvalue weighted by molar-refractivity contribution is 0.0688. The fourth-order valence-corrected chi connectivity index (χ4v) is 1.25. The van der Waals surface area contributed by atoms with E-state index in [4.69, 9.17) is 10.8 Å². The quantitative estimate of drug-likeness (QED) is 0.636. The Morgan fingerprint density at radius 3 is 3.08 bits per heavy atom. The molecule has 0 aliphatic rings. The molecular formula is C8H13N3O2. The normalized spacial score (nSPS) is 12.8. The first-order chi connectivity index (χ1) is 6.16. The van der Waals surface area contributed by atoms with Crippen LogP contribution in [0.2, 0.25) is 0 Å². The molecule has 5 nitrogen and oxygen atoms in total. The molecule has 1 atom stereocenters. The van der Waals surface area contributed by atoms with Crippen LogP contribution in [0.25, 0.3) is 0 Å². The van der Waals surface area contributed by atoms with Gasteiger partial charge in [-0.1, -0.05) is 6.92 Å². The predicted molar refractivity (Wildman–Crippen MR) is 47.6 cm³/mol. The number of aromatic nitrogens is 2. The summed E-state index contributed by atoms with van der Waals surface area (Å²) in [4.78, 5) is 10.7. The molecule has 1 heterocycles. The number of hydrogen-bond donors (Lipinski definition) is 3. The van der Waals surface area contributed by atoms with Crippen LogP contribution in [-0.2, 0) is 0 Å². The van der Waals surface area contributed by atoms with Crippen molar-refractivity contribution in [3.8, 4) is 0 Å². The number of aromatic carboxylic acids is 1. The topological polar surface area (TPSA) is 92.0 Å². The van der Waals surface area contributed by atoms with Crippen LogP contribution in [0.15, 0.2) is 6.20 Å². The van der Waals surface area contributed by atoms with Gasteiger partial charge < -0.3 is 10.8 Å². The standard InChI is InChI=1S/C8H13N3O2/c1-5(2-3-9)6-4-10-11-7(6)8(12)13/h4-5H,2-3,9H2,1H3,(H,10,11)(H,12,13). The number of H-pyrrole nitrogens is 1. The van der Waals surface area contributed by atoms with Crippen molar-refractivity contribution >= 4 is 5.97 Å². The molecule has 0 saturated carbocycles. The van der Waals surface area contributed by atoms with Crippen molar-refractivity contribution < 1.29 is 9.90 Å². The molecule has 1 aromatic rings. The van der Waals surface area contributed by atoms with Crippen molar-refractivity contribution in [1.29, 1.82) is 0 Å². The second-order valence-corrected chi connectivity index (χ2v) is 2.98. The number of hydrogen-bond acceptors (Lipinski definition) is 3. The molecule has 0 spiro atoms. The number of nitrogens with zero attached hydrogens (tertiary/aromatic N) is 1. The minimum atomic E-state index is -0.976. The zero-order chi connectivity index (χ0) is 9.84. The maximum atomic E-state index is 10.7. The van der Waals surface area contributed by atoms with E-state index >= 15 is 0 Å². The zero-order valence-electron chi connectivity index (χ0n) is 7.45. The third-order valence-corrected chi connectivity index (χ3v) is 2.01. The van der Waals surface area contributed by atoms with Crippen molar-refractivity contribution in [3.63, 3.8) is 0 Å². The van der Waals surface area contributed by atoms with E-state index in [2.05, 4.69) is 10.2 Å². The van der Waals surface area contributed by atoms with Gasteiger partial charge in [0.05, 0.1) is 6.20 Å². The zero-order valence-corrected chi connectivity index (χ0v) is 7.45. The lowest BCUT2D eigenvalue weighted by Crippen LogP contribution is -2.08. The van der Waals surface area contributed by atoms with Gasteiger partial charge in [0.25, 0.3) is 0 Å². The fraction of sp³-hybridized carbons (Fsp3) is 0.500. The SMILES string of the molecule is CC(CCN)c1cn[nH]c1C(=O)O. The van der Waals surface area contributed by atoms with E-state index in [1.807, 2.05) is 6.92 Å². The summed E-state index contributed by atoms with van der Waals surface area (Å²) in [7, 11) is 0. The van der Waals surface area contributed by atoms with Gasteiger partial charge in [-0.2, -0.15) is 5.10 Å². The van der Waals surface area contributed by atoms with Gasteiger partial charge in [0, 0.05) is 5.56 Å². The Bertz CT molecular complexity index is 295. The molecule has 72 valence electrons. The van der Waals surface area contributed by atoms with Crippen LogP contribution in [-0.4, -0.2) is 27.8 Å². The Morgan fingerprint density at radius 1 is 1.85 bits per heavy atom. The highest BCUT2D eigenvalue weighted by Crippen LogP contribution is 2.20. The smallest absolute Gasteiger partial charge is 0.354 e. The van der Waals surface area contributed by atoms with Gasteiger partial charge >= 0.3 is 5.97 Å². The first-order valence-corrected chi connectivity index (χ1v) is 4.13. The second kappa shape index (κ2) is 4.04. The summed E-state index contributed by atoms with van der Waals surface area (Å²) in [5.74, 6) is -0.841. The molecule has 0 aliphatic heterocycles. The summed E-state index contributed by atoms with van der Waals surface area (Å²) in [5, 5.41) is 14.9. The molecule has 0 radical (unpaired) electrons. The highest BCUT2D eigenvalue weighted by molar-refractivity contribution is 5.87. The largest absolute Gasteiger partial charge is 0.477 e. The lowest BCUT2D eigenvalue weighted by Gasteiger charge is -2.07. The van der Waals surface area contributed by atoms with E-state index in [-0.39, 0.29) is 11.6 Å². The van der Waals surface area contributed by atoms with Gasteiger partial charge in [0.1, 0.15) is 5.69 Å². The highest BCUT2D eigenvalue weighted by Gasteiger charge is 2.16. The van der Waals surface area contributed by atoms with Crippen LogP contribution in [0.4, 0.5) is 0 Å². The average Bonchev–Trinajstić information content (AvgIpc) is 2.52. The number of rotatable bonds is 4. The van der Waals surface area contributed by atoms with Crippen LogP contribution in [0.1, 0.15) is 35.3 Å². The van der Waals surface area contributed by atoms with Crippen molar-refractivity contribution in [3.05, 3.63) is 17.5 Å². The van der Waals surface area contributed by atoms with Crippen LogP contribution < -0.4 is 5.73 Å². The molecular weight excluding hydrogens is 170 g/mol. The van der Waals surface area contributed by atoms with Crippen LogP contribution >= 0.6 is 0 Å². The number of carboxylic acid groups (broad SMARTS) is 1. The van der Waals surface area contributed by atoms with Gasteiger partial charge in [0.2, 0.25) is 0 Å². The molecule has 1 rings (SSSR count). The fourth-order valence-electron chi connectivity index (χ4n) is 1.25. The Labute approximate surface area is 75.9 Å². The monoisotopic (exact) mass is 183 g/mol. The Kier molecular flexibility index (Phi) is 3.02. The van der Waals surface area contributed by atoms with E-state index in [9.17, 15) is 4.79 Å². The Morgan fingerprint density at radius 2 is 2.54 bits per heavy atom. The number of carboxylic acids is 1. The van der Waals surface area contributed by atoms with Gasteiger partial charge in [-0.05, 0) is 18.9 Å². The van der Waals surface area contributed by atoms with Gasteiger partial charge in [-0.15, -0.1) is 0 Å². The number of carbonyl (C=O) groups is 1. The molecule has 1 aromatic heterocycles. The Hall–Kier alpha value is -1.36. The molecule has 0 fully saturated rings. The van der Waals surface area contributed by atoms with Crippen molar-refractivity contribution in [1.82, 2.24) is 10.2 Å². The molecule has 4 N–H and O–H groups in total. The van der Waals surface area contributed by atoms with Crippen molar-refractivity contribution in [2.75, 3.05) is 6.54 Å². The summed E-state index contributed by atoms with van der Waals surface area (Å²) in [5.41, 5.74) is 6.27. The first-order valence-electron chi connectivity index (χ1n) is 4.13. The highest BCUT2D eigenvalue weighted by atomic mass is 16.4. The average molecular weight is 183 g/mol. The van der Waals surface area contributed by atoms with E-state index < -0.39 is 5.97 Å². The number of nitrogens with one attached hydrogen (secondary N) is 1. The summed E-state index contributed by atoms with van der Waals surface area (Å²) in [6.07, 6.45) is 2.31. The van der Waals surface area contributed by atoms with E-state index in [0.29, 0.717) is 6.54 Å². The van der Waals surface area contributed by atoms with Gasteiger partial charge in [-0.25, -0.2) is 4.79 Å². The number of aromatic amines is 1. The van der Waals surface area contributed by atoms with Gasteiger partial charge in [0.15, 0.2) is 0 Å². The Balaban J connectivity index is 2.86. The summed E-state index contributed by atoms with van der Waals surface area (Å²) >= 11 is 0. The lowest BCUT2D eigenvalue weighted by atomic mass is 9.98. The maximum Gasteiger partial charge on any atom is 0.354 e. The van der Waals surface area contributed by atoms with Crippen LogP contribution in [0.3, 0.4) is 0 Å². The second-order valence-electron chi connectivity index (χ2n) is 2.98. The summed E-state index contributed by atoms with van der Waals surface area (Å²) in [6.45, 7) is 2.48. The van der Waals surface area contributed by atoms with E-state index in [1.165, 1.54) is 0 Å². The summed E-state index contributed by atoms with van der Waals surface area (Å²) in [6, 6.07) is 0. The molecule has 0 aliphatic carbocycles. The van der Waals surface area contributed by atoms with E-state index in [0.717, 1.165) is 12.0 Å². The van der Waals surface area contributed by atoms with E-state index in [1.54, 1.807) is 6.20 Å². The van der Waals surface area contributed by atoms with Crippen molar-refractivity contribution in [2.45, 2.75) is 19.3 Å².